The van der Waals surface area contributed by atoms with E-state index < -0.39 is 0 Å². The molecule has 0 radical (unpaired) electrons. The van der Waals surface area contributed by atoms with E-state index in [0.29, 0.717) is 5.92 Å². The van der Waals surface area contributed by atoms with Crippen LogP contribution < -0.4 is 0 Å². The van der Waals surface area contributed by atoms with Crippen LogP contribution in [0.25, 0.3) is 11.0 Å². The molecule has 1 aliphatic heterocycles. The van der Waals surface area contributed by atoms with Gasteiger partial charge in [-0.05, 0) is 59.9 Å². The molecule has 2 heterocycles. The third-order valence-electron chi connectivity index (χ3n) is 5.34. The van der Waals surface area contributed by atoms with Gasteiger partial charge in [-0.25, -0.2) is 4.98 Å². The highest BCUT2D eigenvalue weighted by molar-refractivity contribution is 5.75. The minimum absolute atomic E-state index is 0.439. The molecule has 1 N–H and O–H groups in total. The molecular formula is C26H21N3. The summed E-state index contributed by atoms with van der Waals surface area (Å²) in [4.78, 5) is 12.1. The molecule has 140 valence electrons. The van der Waals surface area contributed by atoms with Crippen molar-refractivity contribution >= 4 is 22.9 Å². The Balaban J connectivity index is 1.29. The number of fused-ring (bicyclic) bond motifs is 2. The van der Waals surface area contributed by atoms with Gasteiger partial charge in [-0.2, -0.15) is 0 Å². The molecule has 3 nitrogen and oxygen atoms in total. The van der Waals surface area contributed by atoms with Crippen LogP contribution in [0.3, 0.4) is 0 Å². The predicted molar refractivity (Wildman–Crippen MR) is 119 cm³/mol. The van der Waals surface area contributed by atoms with Crippen molar-refractivity contribution < 1.29 is 0 Å². The van der Waals surface area contributed by atoms with Crippen molar-refractivity contribution in [2.75, 3.05) is 0 Å². The zero-order valence-corrected chi connectivity index (χ0v) is 16.1. The van der Waals surface area contributed by atoms with Crippen molar-refractivity contribution in [3.8, 4) is 11.8 Å². The highest BCUT2D eigenvalue weighted by atomic mass is 14.9. The third-order valence-corrected chi connectivity index (χ3v) is 5.34. The fraction of sp³-hybridized carbons (Fsp3) is 0.154. The Labute approximate surface area is 170 Å². The van der Waals surface area contributed by atoms with E-state index in [9.17, 15) is 0 Å². The molecule has 0 saturated heterocycles. The molecule has 1 atom stereocenters. The molecule has 3 aromatic carbocycles. The molecule has 0 amide bonds. The van der Waals surface area contributed by atoms with E-state index in [4.69, 9.17) is 0 Å². The van der Waals surface area contributed by atoms with Crippen LogP contribution in [-0.4, -0.2) is 16.2 Å². The molecule has 0 bridgehead atoms. The summed E-state index contributed by atoms with van der Waals surface area (Å²) in [5.74, 6) is 7.07. The molecule has 1 aliphatic rings. The third kappa shape index (κ3) is 3.97. The van der Waals surface area contributed by atoms with E-state index in [-0.39, 0.29) is 0 Å². The number of aromatic nitrogens is 2. The lowest BCUT2D eigenvalue weighted by atomic mass is 9.90. The number of aromatic amines is 1. The molecule has 3 heteroatoms. The minimum atomic E-state index is 0.439. The van der Waals surface area contributed by atoms with E-state index in [1.165, 1.54) is 16.7 Å². The van der Waals surface area contributed by atoms with Crippen LogP contribution in [0.4, 0.5) is 5.69 Å². The Hall–Kier alpha value is -3.64. The van der Waals surface area contributed by atoms with Gasteiger partial charge in [-0.15, -0.1) is 0 Å². The first-order valence-corrected chi connectivity index (χ1v) is 9.95. The monoisotopic (exact) mass is 375 g/mol. The van der Waals surface area contributed by atoms with Crippen molar-refractivity contribution in [1.82, 2.24) is 9.97 Å². The van der Waals surface area contributed by atoms with Gasteiger partial charge in [0.15, 0.2) is 0 Å². The Kier molecular flexibility index (Phi) is 4.68. The SMILES string of the molecule is C(#Cc1ccc2c(c1)CC(Cc1ccccc1)C=N2)Cc1ccc2nc[nH]c2c1. The second-order valence-corrected chi connectivity index (χ2v) is 7.51. The topological polar surface area (TPSA) is 41.0 Å². The molecule has 0 fully saturated rings. The first-order valence-electron chi connectivity index (χ1n) is 9.95. The van der Waals surface area contributed by atoms with E-state index in [2.05, 4.69) is 93.7 Å². The molecule has 0 saturated carbocycles. The molecule has 5 rings (SSSR count). The van der Waals surface area contributed by atoms with Gasteiger partial charge in [0.1, 0.15) is 0 Å². The van der Waals surface area contributed by atoms with Crippen LogP contribution in [-0.2, 0) is 19.3 Å². The van der Waals surface area contributed by atoms with Crippen LogP contribution in [0, 0.1) is 17.8 Å². The van der Waals surface area contributed by atoms with Gasteiger partial charge >= 0.3 is 0 Å². The Bertz CT molecular complexity index is 1240. The van der Waals surface area contributed by atoms with Gasteiger partial charge in [0.2, 0.25) is 0 Å². The van der Waals surface area contributed by atoms with E-state index in [0.717, 1.165) is 41.5 Å². The van der Waals surface area contributed by atoms with Crippen molar-refractivity contribution in [3.05, 3.63) is 95.3 Å². The Morgan fingerprint density at radius 1 is 0.966 bits per heavy atom. The number of aliphatic imine (C=N–C) groups is 1. The molecule has 4 aromatic rings. The largest absolute Gasteiger partial charge is 0.345 e. The fourth-order valence-electron chi connectivity index (χ4n) is 3.86. The number of H-pyrrole nitrogens is 1. The van der Waals surface area contributed by atoms with Crippen LogP contribution in [0.5, 0.6) is 0 Å². The second kappa shape index (κ2) is 7.77. The summed E-state index contributed by atoms with van der Waals surface area (Å²) >= 11 is 0. The molecule has 1 unspecified atom stereocenters. The number of hydrogen-bond donors (Lipinski definition) is 1. The van der Waals surface area contributed by atoms with Gasteiger partial charge in [0, 0.05) is 24.1 Å². The minimum Gasteiger partial charge on any atom is -0.345 e. The molecular weight excluding hydrogens is 354 g/mol. The highest BCUT2D eigenvalue weighted by Crippen LogP contribution is 2.28. The summed E-state index contributed by atoms with van der Waals surface area (Å²) in [6, 6.07) is 23.2. The second-order valence-electron chi connectivity index (χ2n) is 7.51. The highest BCUT2D eigenvalue weighted by Gasteiger charge is 2.15. The van der Waals surface area contributed by atoms with Crippen LogP contribution in [0.1, 0.15) is 22.3 Å². The number of benzene rings is 3. The molecule has 0 spiro atoms. The maximum Gasteiger partial charge on any atom is 0.0931 e. The number of rotatable bonds is 3. The Morgan fingerprint density at radius 2 is 1.90 bits per heavy atom. The van der Waals surface area contributed by atoms with Gasteiger partial charge in [0.05, 0.1) is 23.0 Å². The predicted octanol–water partition coefficient (Wildman–Crippen LogP) is 5.27. The van der Waals surface area contributed by atoms with Crippen LogP contribution in [0.15, 0.2) is 78.0 Å². The summed E-state index contributed by atoms with van der Waals surface area (Å²) in [7, 11) is 0. The summed E-state index contributed by atoms with van der Waals surface area (Å²) in [6.07, 6.45) is 6.59. The summed E-state index contributed by atoms with van der Waals surface area (Å²) in [5.41, 5.74) is 8.02. The number of nitrogens with zero attached hydrogens (tertiary/aromatic N) is 2. The van der Waals surface area contributed by atoms with E-state index in [1.54, 1.807) is 6.33 Å². The first kappa shape index (κ1) is 17.5. The van der Waals surface area contributed by atoms with Crippen molar-refractivity contribution in [2.24, 2.45) is 10.9 Å². The summed E-state index contributed by atoms with van der Waals surface area (Å²) in [5, 5.41) is 0. The normalized spacial score (nSPS) is 15.0. The maximum atomic E-state index is 4.68. The van der Waals surface area contributed by atoms with Gasteiger partial charge in [-0.3, -0.25) is 4.99 Å². The lowest BCUT2D eigenvalue weighted by Gasteiger charge is -2.18. The Morgan fingerprint density at radius 3 is 2.83 bits per heavy atom. The van der Waals surface area contributed by atoms with Crippen molar-refractivity contribution in [3.63, 3.8) is 0 Å². The van der Waals surface area contributed by atoms with Crippen molar-refractivity contribution in [1.29, 1.82) is 0 Å². The van der Waals surface area contributed by atoms with Crippen LogP contribution >= 0.6 is 0 Å². The summed E-state index contributed by atoms with van der Waals surface area (Å²) < 4.78 is 0. The fourth-order valence-corrected chi connectivity index (χ4v) is 3.86. The average Bonchev–Trinajstić information content (AvgIpc) is 3.22. The standard InChI is InChI=1S/C26H21N3/c1-2-5-19(6-3-1)13-22-15-23-14-20(9-11-24(23)27-17-22)7-4-8-21-10-12-25-26(16-21)29-18-28-25/h1-3,5-6,9-12,14,16-18,22H,8,13,15H2,(H,28,29). The lowest BCUT2D eigenvalue weighted by Crippen LogP contribution is -2.13. The smallest absolute Gasteiger partial charge is 0.0931 e. The number of imidazole rings is 1. The number of nitrogens with one attached hydrogen (secondary N) is 1. The van der Waals surface area contributed by atoms with Gasteiger partial charge in [-0.1, -0.05) is 48.2 Å². The zero-order chi connectivity index (χ0) is 19.5. The molecule has 1 aromatic heterocycles. The average molecular weight is 375 g/mol. The van der Waals surface area contributed by atoms with E-state index in [1.807, 2.05) is 6.07 Å². The number of hydrogen-bond acceptors (Lipinski definition) is 2. The first-order chi connectivity index (χ1) is 14.3. The molecule has 0 aliphatic carbocycles. The van der Waals surface area contributed by atoms with Gasteiger partial charge in [0.25, 0.3) is 0 Å². The summed E-state index contributed by atoms with van der Waals surface area (Å²) in [6.45, 7) is 0. The van der Waals surface area contributed by atoms with E-state index >= 15 is 0 Å². The maximum absolute atomic E-state index is 4.68. The zero-order valence-electron chi connectivity index (χ0n) is 16.1. The quantitative estimate of drug-likeness (QED) is 0.487. The molecule has 29 heavy (non-hydrogen) atoms. The lowest BCUT2D eigenvalue weighted by molar-refractivity contribution is 0.688. The van der Waals surface area contributed by atoms with Gasteiger partial charge < -0.3 is 4.98 Å². The van der Waals surface area contributed by atoms with Crippen molar-refractivity contribution in [2.45, 2.75) is 19.3 Å². The van der Waals surface area contributed by atoms with Crippen LogP contribution in [0.2, 0.25) is 0 Å².